The van der Waals surface area contributed by atoms with E-state index in [1.54, 1.807) is 11.8 Å². The van der Waals surface area contributed by atoms with Gasteiger partial charge < -0.3 is 9.51 Å². The molecule has 26 heavy (non-hydrogen) atoms. The highest BCUT2D eigenvalue weighted by Gasteiger charge is 2.15. The van der Waals surface area contributed by atoms with Crippen molar-refractivity contribution in [2.45, 2.75) is 24.3 Å². The van der Waals surface area contributed by atoms with Crippen LogP contribution in [0.1, 0.15) is 18.6 Å². The van der Waals surface area contributed by atoms with Crippen LogP contribution in [0.4, 0.5) is 0 Å². The van der Waals surface area contributed by atoms with Gasteiger partial charge in [0.15, 0.2) is 11.0 Å². The summed E-state index contributed by atoms with van der Waals surface area (Å²) in [5.41, 5.74) is 4.15. The zero-order valence-corrected chi connectivity index (χ0v) is 15.2. The van der Waals surface area contributed by atoms with Gasteiger partial charge in [-0.05, 0) is 0 Å². The first kappa shape index (κ1) is 16.6. The second kappa shape index (κ2) is 7.58. The lowest BCUT2D eigenvalue weighted by atomic mass is 10.1. The molecule has 0 atom stereocenters. The molecule has 0 bridgehead atoms. The highest BCUT2D eigenvalue weighted by atomic mass is 32.2. The summed E-state index contributed by atoms with van der Waals surface area (Å²) >= 11 is 1.56. The van der Waals surface area contributed by atoms with Crippen LogP contribution in [0.5, 0.6) is 0 Å². The van der Waals surface area contributed by atoms with Crippen LogP contribution >= 0.6 is 11.8 Å². The van der Waals surface area contributed by atoms with Crippen LogP contribution in [0.15, 0.2) is 70.3 Å². The zero-order chi connectivity index (χ0) is 17.8. The van der Waals surface area contributed by atoms with Gasteiger partial charge in [-0.25, -0.2) is 4.98 Å². The lowest BCUT2D eigenvalue weighted by Gasteiger charge is -2.02. The molecular weight excluding hydrogens is 344 g/mol. The average molecular weight is 362 g/mol. The molecule has 0 aliphatic carbocycles. The van der Waals surface area contributed by atoms with Crippen molar-refractivity contribution >= 4 is 11.8 Å². The fourth-order valence-corrected chi connectivity index (χ4v) is 3.37. The Bertz CT molecular complexity index is 922. The zero-order valence-electron chi connectivity index (χ0n) is 14.3. The Balaban J connectivity index is 1.65. The normalized spacial score (nSPS) is 11.0. The first-order chi connectivity index (χ1) is 12.8. The van der Waals surface area contributed by atoms with Gasteiger partial charge in [-0.3, -0.25) is 0 Å². The van der Waals surface area contributed by atoms with E-state index in [1.807, 2.05) is 43.3 Å². The molecule has 2 aromatic heterocycles. The Kier molecular flexibility index (Phi) is 4.84. The molecule has 0 amide bonds. The van der Waals surface area contributed by atoms with Gasteiger partial charge in [0.05, 0.1) is 17.1 Å². The van der Waals surface area contributed by atoms with Crippen LogP contribution in [-0.2, 0) is 12.2 Å². The summed E-state index contributed by atoms with van der Waals surface area (Å²) < 4.78 is 5.26. The lowest BCUT2D eigenvalue weighted by molar-refractivity contribution is 0.385. The Labute approximate surface area is 155 Å². The molecule has 0 spiro atoms. The number of hydrogen-bond acceptors (Lipinski definition) is 5. The number of nitrogens with zero attached hydrogens (tertiary/aromatic N) is 3. The molecule has 0 unspecified atom stereocenters. The molecule has 6 heteroatoms. The van der Waals surface area contributed by atoms with E-state index in [2.05, 4.69) is 39.4 Å². The summed E-state index contributed by atoms with van der Waals surface area (Å²) in [7, 11) is 0. The number of aromatic amines is 1. The Morgan fingerprint density at radius 3 is 2.27 bits per heavy atom. The summed E-state index contributed by atoms with van der Waals surface area (Å²) in [6.07, 6.45) is 0.769. The number of thioether (sulfide) groups is 1. The summed E-state index contributed by atoms with van der Waals surface area (Å²) in [4.78, 5) is 12.6. The van der Waals surface area contributed by atoms with Crippen LogP contribution < -0.4 is 0 Å². The predicted octanol–water partition coefficient (Wildman–Crippen LogP) is 4.98. The number of aryl methyl sites for hydroxylation is 1. The highest BCUT2D eigenvalue weighted by molar-refractivity contribution is 7.98. The molecule has 4 rings (SSSR count). The molecule has 2 aromatic carbocycles. The van der Waals surface area contributed by atoms with E-state index >= 15 is 0 Å². The summed E-state index contributed by atoms with van der Waals surface area (Å²) in [6.45, 7) is 2.01. The van der Waals surface area contributed by atoms with Gasteiger partial charge in [0.1, 0.15) is 0 Å². The number of benzene rings is 2. The average Bonchev–Trinajstić information content (AvgIpc) is 3.35. The summed E-state index contributed by atoms with van der Waals surface area (Å²) in [5.74, 6) is 1.93. The molecule has 2 heterocycles. The standard InChI is InChI=1S/C20H18N4OS/c1-2-16-21-17(25-24-16)13-26-20-22-18(14-9-5-3-6-10-14)19(23-20)15-11-7-4-8-12-15/h3-12H,2,13H2,1H3,(H,22,23). The van der Waals surface area contributed by atoms with E-state index in [0.717, 1.165) is 39.9 Å². The SMILES string of the molecule is CCc1noc(CSc2nc(-c3ccccc3)c(-c3ccccc3)[nH]2)n1. The van der Waals surface area contributed by atoms with E-state index in [1.165, 1.54) is 0 Å². The van der Waals surface area contributed by atoms with Crippen molar-refractivity contribution in [3.05, 3.63) is 72.4 Å². The maximum Gasteiger partial charge on any atom is 0.237 e. The first-order valence-corrected chi connectivity index (χ1v) is 9.47. The van der Waals surface area contributed by atoms with Gasteiger partial charge >= 0.3 is 0 Å². The third-order valence-corrected chi connectivity index (χ3v) is 4.81. The van der Waals surface area contributed by atoms with Crippen LogP contribution in [0.2, 0.25) is 0 Å². The molecule has 130 valence electrons. The summed E-state index contributed by atoms with van der Waals surface area (Å²) in [5, 5.41) is 4.77. The number of rotatable bonds is 6. The highest BCUT2D eigenvalue weighted by Crippen LogP contribution is 2.33. The Hall–Kier alpha value is -2.86. The van der Waals surface area contributed by atoms with Gasteiger partial charge in [0.2, 0.25) is 5.89 Å². The molecule has 0 fully saturated rings. The smallest absolute Gasteiger partial charge is 0.237 e. The minimum absolute atomic E-state index is 0.586. The van der Waals surface area contributed by atoms with Crippen molar-refractivity contribution in [3.8, 4) is 22.5 Å². The molecule has 0 aliphatic rings. The largest absolute Gasteiger partial charge is 0.338 e. The van der Waals surface area contributed by atoms with Gasteiger partial charge in [-0.2, -0.15) is 4.98 Å². The summed E-state index contributed by atoms with van der Waals surface area (Å²) in [6, 6.07) is 20.4. The lowest BCUT2D eigenvalue weighted by Crippen LogP contribution is -1.85. The fraction of sp³-hybridized carbons (Fsp3) is 0.150. The second-order valence-corrected chi connectivity index (χ2v) is 6.71. The first-order valence-electron chi connectivity index (χ1n) is 8.48. The fourth-order valence-electron chi connectivity index (χ4n) is 2.66. The second-order valence-electron chi connectivity index (χ2n) is 5.74. The monoisotopic (exact) mass is 362 g/mol. The van der Waals surface area contributed by atoms with Crippen molar-refractivity contribution in [1.29, 1.82) is 0 Å². The van der Waals surface area contributed by atoms with Crippen LogP contribution in [0, 0.1) is 0 Å². The number of hydrogen-bond donors (Lipinski definition) is 1. The van der Waals surface area contributed by atoms with E-state index < -0.39 is 0 Å². The number of imidazole rings is 1. The van der Waals surface area contributed by atoms with Crippen LogP contribution in [0.25, 0.3) is 22.5 Å². The van der Waals surface area contributed by atoms with Crippen molar-refractivity contribution < 1.29 is 4.52 Å². The van der Waals surface area contributed by atoms with Crippen LogP contribution in [-0.4, -0.2) is 20.1 Å². The van der Waals surface area contributed by atoms with Crippen molar-refractivity contribution in [2.75, 3.05) is 0 Å². The maximum atomic E-state index is 5.26. The van der Waals surface area contributed by atoms with Gasteiger partial charge in [-0.1, -0.05) is 84.5 Å². The third kappa shape index (κ3) is 3.55. The topological polar surface area (TPSA) is 67.6 Å². The Morgan fingerprint density at radius 1 is 0.923 bits per heavy atom. The van der Waals surface area contributed by atoms with Gasteiger partial charge in [0.25, 0.3) is 0 Å². The molecule has 4 aromatic rings. The molecule has 0 radical (unpaired) electrons. The van der Waals surface area contributed by atoms with Crippen molar-refractivity contribution in [3.63, 3.8) is 0 Å². The molecule has 0 saturated carbocycles. The molecule has 1 N–H and O–H groups in total. The molecule has 0 saturated heterocycles. The quantitative estimate of drug-likeness (QED) is 0.490. The van der Waals surface area contributed by atoms with Gasteiger partial charge in [0, 0.05) is 17.5 Å². The molecule has 5 nitrogen and oxygen atoms in total. The van der Waals surface area contributed by atoms with Crippen molar-refractivity contribution in [1.82, 2.24) is 20.1 Å². The minimum Gasteiger partial charge on any atom is -0.338 e. The van der Waals surface area contributed by atoms with E-state index in [-0.39, 0.29) is 0 Å². The predicted molar refractivity (Wildman–Crippen MR) is 103 cm³/mol. The van der Waals surface area contributed by atoms with Gasteiger partial charge in [-0.15, -0.1) is 0 Å². The maximum absolute atomic E-state index is 5.26. The Morgan fingerprint density at radius 2 is 1.62 bits per heavy atom. The molecule has 0 aliphatic heterocycles. The van der Waals surface area contributed by atoms with E-state index in [4.69, 9.17) is 9.51 Å². The number of H-pyrrole nitrogens is 1. The van der Waals surface area contributed by atoms with E-state index in [9.17, 15) is 0 Å². The van der Waals surface area contributed by atoms with Crippen molar-refractivity contribution in [2.24, 2.45) is 0 Å². The van der Waals surface area contributed by atoms with Crippen LogP contribution in [0.3, 0.4) is 0 Å². The number of nitrogens with one attached hydrogen (secondary N) is 1. The van der Waals surface area contributed by atoms with E-state index in [0.29, 0.717) is 11.6 Å². The number of aromatic nitrogens is 4. The minimum atomic E-state index is 0.586. The third-order valence-electron chi connectivity index (χ3n) is 3.95. The molecular formula is C20H18N4OS.